The van der Waals surface area contributed by atoms with Crippen LogP contribution in [0.15, 0.2) is 23.1 Å². The van der Waals surface area contributed by atoms with Gasteiger partial charge in [0, 0.05) is 38.4 Å². The highest BCUT2D eigenvalue weighted by molar-refractivity contribution is 5.10. The lowest BCUT2D eigenvalue weighted by atomic mass is 10.2. The summed E-state index contributed by atoms with van der Waals surface area (Å²) in [5.41, 5.74) is 6.47. The smallest absolute Gasteiger partial charge is 0.250 e. The molecule has 1 rings (SSSR count). The van der Waals surface area contributed by atoms with Crippen molar-refractivity contribution in [2.75, 3.05) is 6.54 Å². The van der Waals surface area contributed by atoms with E-state index in [0.29, 0.717) is 13.1 Å². The summed E-state index contributed by atoms with van der Waals surface area (Å²) in [5.74, 6) is 0. The van der Waals surface area contributed by atoms with E-state index in [-0.39, 0.29) is 11.6 Å². The molecule has 4 nitrogen and oxygen atoms in total. The van der Waals surface area contributed by atoms with Crippen LogP contribution in [0.1, 0.15) is 12.5 Å². The molecule has 1 unspecified atom stereocenters. The van der Waals surface area contributed by atoms with Gasteiger partial charge >= 0.3 is 0 Å². The summed E-state index contributed by atoms with van der Waals surface area (Å²) in [6, 6.07) is 3.84. The second-order valence-corrected chi connectivity index (χ2v) is 3.50. The summed E-state index contributed by atoms with van der Waals surface area (Å²) in [7, 11) is 1.74. The Morgan fingerprint density at radius 1 is 1.64 bits per heavy atom. The fourth-order valence-electron chi connectivity index (χ4n) is 1.07. The summed E-state index contributed by atoms with van der Waals surface area (Å²) in [5, 5.41) is 3.22. The van der Waals surface area contributed by atoms with Crippen molar-refractivity contribution < 1.29 is 0 Å². The first-order valence-corrected chi connectivity index (χ1v) is 4.72. The molecule has 0 spiro atoms. The molecule has 1 aromatic rings. The van der Waals surface area contributed by atoms with Gasteiger partial charge in [0.1, 0.15) is 0 Å². The second kappa shape index (κ2) is 4.93. The number of hydrogen-bond acceptors (Lipinski definition) is 3. The van der Waals surface area contributed by atoms with Crippen molar-refractivity contribution >= 4 is 0 Å². The highest BCUT2D eigenvalue weighted by Gasteiger charge is 1.99. The normalized spacial score (nSPS) is 12.8. The third-order valence-corrected chi connectivity index (χ3v) is 2.18. The highest BCUT2D eigenvalue weighted by atomic mass is 16.1. The van der Waals surface area contributed by atoms with Gasteiger partial charge in [0.2, 0.25) is 0 Å². The molecule has 0 aliphatic carbocycles. The molecule has 3 N–H and O–H groups in total. The average Bonchev–Trinajstić information content (AvgIpc) is 2.19. The van der Waals surface area contributed by atoms with Crippen molar-refractivity contribution in [1.82, 2.24) is 9.88 Å². The molecule has 1 atom stereocenters. The fraction of sp³-hybridized carbons (Fsp3) is 0.500. The van der Waals surface area contributed by atoms with E-state index in [4.69, 9.17) is 5.73 Å². The first kappa shape index (κ1) is 10.9. The zero-order chi connectivity index (χ0) is 10.6. The highest BCUT2D eigenvalue weighted by Crippen LogP contribution is 1.93. The summed E-state index contributed by atoms with van der Waals surface area (Å²) in [6.07, 6.45) is 1.77. The Kier molecular flexibility index (Phi) is 3.85. The lowest BCUT2D eigenvalue weighted by Crippen LogP contribution is -2.33. The van der Waals surface area contributed by atoms with Crippen LogP contribution in [0, 0.1) is 0 Å². The monoisotopic (exact) mass is 195 g/mol. The zero-order valence-corrected chi connectivity index (χ0v) is 8.66. The van der Waals surface area contributed by atoms with E-state index in [2.05, 4.69) is 5.32 Å². The molecule has 0 saturated heterocycles. The Morgan fingerprint density at radius 2 is 2.36 bits per heavy atom. The van der Waals surface area contributed by atoms with Crippen molar-refractivity contribution in [3.8, 4) is 0 Å². The van der Waals surface area contributed by atoms with Crippen molar-refractivity contribution in [2.24, 2.45) is 12.8 Å². The van der Waals surface area contributed by atoms with E-state index in [0.717, 1.165) is 5.56 Å². The predicted octanol–water partition coefficient (Wildman–Crippen LogP) is -0.178. The molecule has 4 heteroatoms. The maximum atomic E-state index is 11.3. The molecule has 0 aliphatic rings. The number of nitrogens with zero attached hydrogens (tertiary/aromatic N) is 1. The molecule has 0 aliphatic heterocycles. The van der Waals surface area contributed by atoms with Crippen LogP contribution in [-0.4, -0.2) is 17.2 Å². The maximum Gasteiger partial charge on any atom is 0.250 e. The molecule has 14 heavy (non-hydrogen) atoms. The Morgan fingerprint density at radius 3 is 2.93 bits per heavy atom. The lowest BCUT2D eigenvalue weighted by molar-refractivity contribution is 0.555. The van der Waals surface area contributed by atoms with E-state index >= 15 is 0 Å². The van der Waals surface area contributed by atoms with E-state index < -0.39 is 0 Å². The van der Waals surface area contributed by atoms with Crippen LogP contribution in [0.3, 0.4) is 0 Å². The molecule has 0 fully saturated rings. The van der Waals surface area contributed by atoms with E-state index in [1.807, 2.05) is 13.0 Å². The van der Waals surface area contributed by atoms with Crippen LogP contribution in [-0.2, 0) is 13.6 Å². The van der Waals surface area contributed by atoms with Gasteiger partial charge in [-0.05, 0) is 18.6 Å². The quantitative estimate of drug-likeness (QED) is 0.701. The van der Waals surface area contributed by atoms with Crippen molar-refractivity contribution in [3.63, 3.8) is 0 Å². The number of hydrogen-bond donors (Lipinski definition) is 2. The zero-order valence-electron chi connectivity index (χ0n) is 8.66. The first-order valence-electron chi connectivity index (χ1n) is 4.72. The fourth-order valence-corrected chi connectivity index (χ4v) is 1.07. The van der Waals surface area contributed by atoms with Gasteiger partial charge in [-0.2, -0.15) is 0 Å². The molecular formula is C10H17N3O. The molecule has 1 aromatic heterocycles. The van der Waals surface area contributed by atoms with E-state index in [1.54, 1.807) is 23.9 Å². The Bertz CT molecular complexity index is 345. The van der Waals surface area contributed by atoms with Gasteiger partial charge in [0.05, 0.1) is 0 Å². The van der Waals surface area contributed by atoms with Gasteiger partial charge in [0.15, 0.2) is 0 Å². The van der Waals surface area contributed by atoms with Crippen LogP contribution < -0.4 is 16.6 Å². The number of rotatable bonds is 4. The lowest BCUT2D eigenvalue weighted by Gasteiger charge is -2.10. The molecule has 0 radical (unpaired) electrons. The van der Waals surface area contributed by atoms with Crippen LogP contribution in [0.2, 0.25) is 0 Å². The van der Waals surface area contributed by atoms with Gasteiger partial charge in [-0.15, -0.1) is 0 Å². The number of pyridine rings is 1. The third kappa shape index (κ3) is 2.97. The van der Waals surface area contributed by atoms with Crippen molar-refractivity contribution in [1.29, 1.82) is 0 Å². The van der Waals surface area contributed by atoms with Crippen LogP contribution in [0.25, 0.3) is 0 Å². The first-order chi connectivity index (χ1) is 6.63. The SMILES string of the molecule is CC(CN)NCc1ccn(C)c(=O)c1. The number of nitrogens with one attached hydrogen (secondary N) is 1. The number of aryl methyl sites for hydroxylation is 1. The average molecular weight is 195 g/mol. The standard InChI is InChI=1S/C10H17N3O/c1-8(6-11)12-7-9-3-4-13(2)10(14)5-9/h3-5,8,12H,6-7,11H2,1-2H3. The molecule has 0 amide bonds. The molecule has 0 bridgehead atoms. The van der Waals surface area contributed by atoms with Gasteiger partial charge in [0.25, 0.3) is 5.56 Å². The van der Waals surface area contributed by atoms with Crippen molar-refractivity contribution in [3.05, 3.63) is 34.2 Å². The number of aromatic nitrogens is 1. The van der Waals surface area contributed by atoms with Gasteiger partial charge in [-0.3, -0.25) is 4.79 Å². The summed E-state index contributed by atoms with van der Waals surface area (Å²) in [6.45, 7) is 3.31. The Balaban J connectivity index is 2.60. The third-order valence-electron chi connectivity index (χ3n) is 2.18. The molecular weight excluding hydrogens is 178 g/mol. The van der Waals surface area contributed by atoms with Gasteiger partial charge < -0.3 is 15.6 Å². The van der Waals surface area contributed by atoms with Crippen LogP contribution in [0.5, 0.6) is 0 Å². The molecule has 1 heterocycles. The summed E-state index contributed by atoms with van der Waals surface area (Å²) in [4.78, 5) is 11.3. The van der Waals surface area contributed by atoms with Gasteiger partial charge in [-0.1, -0.05) is 0 Å². The molecule has 78 valence electrons. The van der Waals surface area contributed by atoms with Gasteiger partial charge in [-0.25, -0.2) is 0 Å². The minimum Gasteiger partial charge on any atom is -0.329 e. The Labute approximate surface area is 83.7 Å². The van der Waals surface area contributed by atoms with Crippen LogP contribution >= 0.6 is 0 Å². The molecule has 0 saturated carbocycles. The second-order valence-electron chi connectivity index (χ2n) is 3.50. The van der Waals surface area contributed by atoms with Crippen LogP contribution in [0.4, 0.5) is 0 Å². The Hall–Kier alpha value is -1.13. The minimum absolute atomic E-state index is 0.0182. The summed E-state index contributed by atoms with van der Waals surface area (Å²) >= 11 is 0. The predicted molar refractivity (Wildman–Crippen MR) is 57.0 cm³/mol. The largest absolute Gasteiger partial charge is 0.329 e. The van der Waals surface area contributed by atoms with E-state index in [1.165, 1.54) is 0 Å². The topological polar surface area (TPSA) is 60.0 Å². The minimum atomic E-state index is 0.0182. The van der Waals surface area contributed by atoms with Crippen molar-refractivity contribution in [2.45, 2.75) is 19.5 Å². The number of nitrogens with two attached hydrogens (primary N) is 1. The van der Waals surface area contributed by atoms with E-state index in [9.17, 15) is 4.79 Å². The molecule has 0 aromatic carbocycles. The maximum absolute atomic E-state index is 11.3. The summed E-state index contributed by atoms with van der Waals surface area (Å²) < 4.78 is 1.55.